The van der Waals surface area contributed by atoms with Gasteiger partial charge in [-0.05, 0) is 17.7 Å². The fraction of sp³-hybridized carbons (Fsp3) is 0.143. The molecule has 0 aromatic heterocycles. The highest BCUT2D eigenvalue weighted by molar-refractivity contribution is 5.71. The van der Waals surface area contributed by atoms with Crippen molar-refractivity contribution in [3.05, 3.63) is 48.5 Å². The van der Waals surface area contributed by atoms with E-state index in [2.05, 4.69) is 6.07 Å². The van der Waals surface area contributed by atoms with Gasteiger partial charge in [-0.3, -0.25) is 0 Å². The molecule has 0 bridgehead atoms. The lowest BCUT2D eigenvalue weighted by atomic mass is 10.0. The first kappa shape index (κ1) is 10.6. The Balaban J connectivity index is 2.49. The SMILES string of the molecule is COc1[c]c(OC)c(-c2ccccc2)cc1. The Morgan fingerprint density at radius 3 is 2.25 bits per heavy atom. The van der Waals surface area contributed by atoms with Gasteiger partial charge in [0.25, 0.3) is 0 Å². The molecule has 1 radical (unpaired) electrons. The fourth-order valence-electron chi connectivity index (χ4n) is 1.58. The third kappa shape index (κ3) is 2.01. The third-order valence-electron chi connectivity index (χ3n) is 2.39. The second kappa shape index (κ2) is 4.71. The van der Waals surface area contributed by atoms with Crippen molar-refractivity contribution in [2.75, 3.05) is 14.2 Å². The molecule has 2 rings (SSSR count). The average Bonchev–Trinajstić information content (AvgIpc) is 2.39. The summed E-state index contributed by atoms with van der Waals surface area (Å²) in [5.41, 5.74) is 2.13. The Morgan fingerprint density at radius 1 is 0.875 bits per heavy atom. The topological polar surface area (TPSA) is 18.5 Å². The van der Waals surface area contributed by atoms with Gasteiger partial charge in [0, 0.05) is 5.56 Å². The van der Waals surface area contributed by atoms with Crippen molar-refractivity contribution in [3.63, 3.8) is 0 Å². The van der Waals surface area contributed by atoms with Gasteiger partial charge in [0.15, 0.2) is 0 Å². The number of rotatable bonds is 3. The second-order valence-electron chi connectivity index (χ2n) is 3.34. The molecule has 16 heavy (non-hydrogen) atoms. The average molecular weight is 213 g/mol. The van der Waals surface area contributed by atoms with Crippen molar-refractivity contribution in [1.82, 2.24) is 0 Å². The molecule has 0 unspecified atom stereocenters. The number of methoxy groups -OCH3 is 2. The Labute approximate surface area is 95.4 Å². The first-order chi connectivity index (χ1) is 7.85. The predicted octanol–water partition coefficient (Wildman–Crippen LogP) is 3.17. The molecule has 0 atom stereocenters. The van der Waals surface area contributed by atoms with E-state index in [1.807, 2.05) is 42.5 Å². The third-order valence-corrected chi connectivity index (χ3v) is 2.39. The fourth-order valence-corrected chi connectivity index (χ4v) is 1.58. The first-order valence-electron chi connectivity index (χ1n) is 5.05. The molecular weight excluding hydrogens is 200 g/mol. The standard InChI is InChI=1S/C14H13O2/c1-15-12-8-9-13(14(10-12)16-2)11-6-4-3-5-7-11/h3-9H,1-2H3. The maximum Gasteiger partial charge on any atom is 0.138 e. The summed E-state index contributed by atoms with van der Waals surface area (Å²) in [5.74, 6) is 1.38. The highest BCUT2D eigenvalue weighted by Crippen LogP contribution is 2.32. The lowest BCUT2D eigenvalue weighted by molar-refractivity contribution is 0.394. The first-order valence-corrected chi connectivity index (χ1v) is 5.05. The van der Waals surface area contributed by atoms with Crippen molar-refractivity contribution < 1.29 is 9.47 Å². The van der Waals surface area contributed by atoms with E-state index < -0.39 is 0 Å². The zero-order valence-electron chi connectivity index (χ0n) is 9.36. The molecule has 0 N–H and O–H groups in total. The van der Waals surface area contributed by atoms with E-state index >= 15 is 0 Å². The van der Waals surface area contributed by atoms with E-state index in [9.17, 15) is 0 Å². The van der Waals surface area contributed by atoms with Crippen LogP contribution in [0.5, 0.6) is 11.5 Å². The van der Waals surface area contributed by atoms with E-state index in [-0.39, 0.29) is 0 Å². The van der Waals surface area contributed by atoms with Crippen LogP contribution in [0, 0.1) is 6.07 Å². The molecule has 0 saturated heterocycles. The van der Waals surface area contributed by atoms with Crippen LogP contribution in [-0.4, -0.2) is 14.2 Å². The van der Waals surface area contributed by atoms with Crippen molar-refractivity contribution in [2.24, 2.45) is 0 Å². The normalized spacial score (nSPS) is 9.88. The molecular formula is C14H13O2. The molecule has 2 heteroatoms. The zero-order chi connectivity index (χ0) is 11.4. The second-order valence-corrected chi connectivity index (χ2v) is 3.34. The maximum atomic E-state index is 5.31. The van der Waals surface area contributed by atoms with Gasteiger partial charge in [-0.25, -0.2) is 0 Å². The Hall–Kier alpha value is -1.96. The van der Waals surface area contributed by atoms with Crippen molar-refractivity contribution in [2.45, 2.75) is 0 Å². The molecule has 2 nitrogen and oxygen atoms in total. The quantitative estimate of drug-likeness (QED) is 0.779. The maximum absolute atomic E-state index is 5.31. The van der Waals surface area contributed by atoms with Crippen LogP contribution < -0.4 is 9.47 Å². The van der Waals surface area contributed by atoms with Crippen LogP contribution in [0.15, 0.2) is 42.5 Å². The van der Waals surface area contributed by atoms with Crippen LogP contribution in [-0.2, 0) is 0 Å². The summed E-state index contributed by atoms with van der Waals surface area (Å²) >= 11 is 0. The minimum atomic E-state index is 0.677. The van der Waals surface area contributed by atoms with Crippen LogP contribution in [0.25, 0.3) is 11.1 Å². The summed E-state index contributed by atoms with van der Waals surface area (Å²) in [6.07, 6.45) is 0. The molecule has 0 aliphatic rings. The number of hydrogen-bond acceptors (Lipinski definition) is 2. The van der Waals surface area contributed by atoms with Gasteiger partial charge in [-0.1, -0.05) is 30.3 Å². The van der Waals surface area contributed by atoms with Crippen molar-refractivity contribution in [1.29, 1.82) is 0 Å². The summed E-state index contributed by atoms with van der Waals surface area (Å²) in [6.45, 7) is 0. The van der Waals surface area contributed by atoms with E-state index in [0.717, 1.165) is 11.1 Å². The Kier molecular flexibility index (Phi) is 3.10. The van der Waals surface area contributed by atoms with Gasteiger partial charge < -0.3 is 9.47 Å². The molecule has 0 aliphatic carbocycles. The number of hydrogen-bond donors (Lipinski definition) is 0. The Morgan fingerprint density at radius 2 is 1.62 bits per heavy atom. The van der Waals surface area contributed by atoms with Crippen molar-refractivity contribution >= 4 is 0 Å². The molecule has 0 fully saturated rings. The van der Waals surface area contributed by atoms with Gasteiger partial charge in [0.2, 0.25) is 0 Å². The molecule has 0 amide bonds. The monoisotopic (exact) mass is 213 g/mol. The van der Waals surface area contributed by atoms with Crippen LogP contribution in [0.1, 0.15) is 0 Å². The van der Waals surface area contributed by atoms with Crippen LogP contribution in [0.4, 0.5) is 0 Å². The lowest BCUT2D eigenvalue weighted by Crippen LogP contribution is -1.90. The summed E-state index contributed by atoms with van der Waals surface area (Å²) < 4.78 is 10.4. The van der Waals surface area contributed by atoms with Gasteiger partial charge in [0.1, 0.15) is 11.5 Å². The summed E-state index contributed by atoms with van der Waals surface area (Å²) in [7, 11) is 3.26. The molecule has 2 aromatic carbocycles. The smallest absolute Gasteiger partial charge is 0.138 e. The number of ether oxygens (including phenoxy) is 2. The van der Waals surface area contributed by atoms with Crippen molar-refractivity contribution in [3.8, 4) is 22.6 Å². The van der Waals surface area contributed by atoms with Gasteiger partial charge in [-0.2, -0.15) is 0 Å². The van der Waals surface area contributed by atoms with Gasteiger partial charge in [-0.15, -0.1) is 0 Å². The van der Waals surface area contributed by atoms with Crippen LogP contribution in [0.3, 0.4) is 0 Å². The van der Waals surface area contributed by atoms with E-state index in [1.165, 1.54) is 0 Å². The molecule has 2 aromatic rings. The zero-order valence-corrected chi connectivity index (χ0v) is 9.36. The summed E-state index contributed by atoms with van der Waals surface area (Å²) in [4.78, 5) is 0. The summed E-state index contributed by atoms with van der Waals surface area (Å²) in [6, 6.07) is 17.0. The molecule has 81 valence electrons. The van der Waals surface area contributed by atoms with E-state index in [1.54, 1.807) is 14.2 Å². The highest BCUT2D eigenvalue weighted by atomic mass is 16.5. The van der Waals surface area contributed by atoms with E-state index in [0.29, 0.717) is 11.5 Å². The minimum absolute atomic E-state index is 0.677. The largest absolute Gasteiger partial charge is 0.496 e. The molecule has 0 spiro atoms. The summed E-state index contributed by atoms with van der Waals surface area (Å²) in [5, 5.41) is 0. The van der Waals surface area contributed by atoms with Crippen LogP contribution >= 0.6 is 0 Å². The lowest BCUT2D eigenvalue weighted by Gasteiger charge is -2.09. The molecule has 0 aliphatic heterocycles. The van der Waals surface area contributed by atoms with Gasteiger partial charge in [0.05, 0.1) is 20.3 Å². The molecule has 0 heterocycles. The Bertz CT molecular complexity index is 463. The van der Waals surface area contributed by atoms with E-state index in [4.69, 9.17) is 9.47 Å². The predicted molar refractivity (Wildman–Crippen MR) is 63.8 cm³/mol. The van der Waals surface area contributed by atoms with Crippen LogP contribution in [0.2, 0.25) is 0 Å². The number of benzene rings is 2. The van der Waals surface area contributed by atoms with Gasteiger partial charge >= 0.3 is 0 Å². The minimum Gasteiger partial charge on any atom is -0.496 e. The highest BCUT2D eigenvalue weighted by Gasteiger charge is 2.06. The molecule has 0 saturated carbocycles.